The van der Waals surface area contributed by atoms with Crippen LogP contribution in [-0.2, 0) is 9.59 Å². The zero-order chi connectivity index (χ0) is 13.1. The molecule has 17 heavy (non-hydrogen) atoms. The minimum Gasteiger partial charge on any atom is -0.336 e. The molecule has 1 fully saturated rings. The van der Waals surface area contributed by atoms with Gasteiger partial charge < -0.3 is 4.81 Å². The van der Waals surface area contributed by atoms with Crippen LogP contribution in [0.2, 0.25) is 0 Å². The van der Waals surface area contributed by atoms with Gasteiger partial charge in [-0.05, 0) is 18.3 Å². The summed E-state index contributed by atoms with van der Waals surface area (Å²) in [4.78, 5) is 25.0. The van der Waals surface area contributed by atoms with Gasteiger partial charge in [0.15, 0.2) is 0 Å². The summed E-state index contributed by atoms with van der Waals surface area (Å²) in [5.74, 6) is -0.0765. The van der Waals surface area contributed by atoms with E-state index in [4.69, 9.17) is 0 Å². The first-order valence-corrected chi connectivity index (χ1v) is 6.76. The van der Waals surface area contributed by atoms with Crippen molar-refractivity contribution in [1.82, 2.24) is 4.81 Å². The van der Waals surface area contributed by atoms with Crippen LogP contribution in [0.15, 0.2) is 0 Å². The van der Waals surface area contributed by atoms with Gasteiger partial charge in [-0.25, -0.2) is 0 Å². The Labute approximate surface area is 105 Å². The van der Waals surface area contributed by atoms with E-state index in [9.17, 15) is 9.59 Å². The van der Waals surface area contributed by atoms with Crippen LogP contribution >= 0.6 is 0 Å². The molecule has 0 aromatic carbocycles. The van der Waals surface area contributed by atoms with Gasteiger partial charge in [0.25, 0.3) is 0 Å². The second-order valence-electron chi connectivity index (χ2n) is 5.56. The highest BCUT2D eigenvalue weighted by atomic mass is 16.2. The van der Waals surface area contributed by atoms with E-state index in [1.165, 1.54) is 4.81 Å². The zero-order valence-corrected chi connectivity index (χ0v) is 11.6. The SMILES string of the molecule is BN1C(=O)CC(C(C)(CCC)CCCC)C1=O. The molecule has 0 aromatic rings. The molecule has 1 heterocycles. The van der Waals surface area contributed by atoms with Crippen molar-refractivity contribution in [3.63, 3.8) is 0 Å². The third-order valence-corrected chi connectivity index (χ3v) is 4.15. The number of imide groups is 1. The predicted octanol–water partition coefficient (Wildman–Crippen LogP) is 1.91. The summed E-state index contributed by atoms with van der Waals surface area (Å²) < 4.78 is 0. The second-order valence-corrected chi connectivity index (χ2v) is 5.56. The summed E-state index contributed by atoms with van der Waals surface area (Å²) in [6.07, 6.45) is 5.85. The lowest BCUT2D eigenvalue weighted by atomic mass is 9.69. The van der Waals surface area contributed by atoms with Crippen LogP contribution in [0, 0.1) is 11.3 Å². The summed E-state index contributed by atoms with van der Waals surface area (Å²) in [5, 5.41) is 0. The van der Waals surface area contributed by atoms with Crippen molar-refractivity contribution in [3.8, 4) is 0 Å². The predicted molar refractivity (Wildman–Crippen MR) is 71.0 cm³/mol. The van der Waals surface area contributed by atoms with Gasteiger partial charge in [0.1, 0.15) is 0 Å². The number of hydrogen-bond acceptors (Lipinski definition) is 2. The molecule has 0 radical (unpaired) electrons. The third-order valence-electron chi connectivity index (χ3n) is 4.15. The first-order chi connectivity index (χ1) is 7.96. The molecule has 3 nitrogen and oxygen atoms in total. The van der Waals surface area contributed by atoms with Crippen molar-refractivity contribution in [2.45, 2.75) is 59.3 Å². The molecule has 0 bridgehead atoms. The van der Waals surface area contributed by atoms with E-state index in [-0.39, 0.29) is 23.1 Å². The molecule has 1 aliphatic rings. The molecule has 2 atom stereocenters. The minimum atomic E-state index is -0.0912. The molecule has 0 N–H and O–H groups in total. The number of carbonyl (C=O) groups is 2. The number of unbranched alkanes of at least 4 members (excludes halogenated alkanes) is 1. The standard InChI is InChI=1S/C13H24BNO2/c1-4-6-8-13(3,7-5-2)10-9-11(16)15(14)12(10)17/h10H,4-9,14H2,1-3H3. The second kappa shape index (κ2) is 5.70. The normalized spacial score (nSPS) is 24.2. The largest absolute Gasteiger partial charge is 0.336 e. The number of rotatable bonds is 6. The van der Waals surface area contributed by atoms with Crippen molar-refractivity contribution in [1.29, 1.82) is 0 Å². The molecule has 2 unspecified atom stereocenters. The van der Waals surface area contributed by atoms with Crippen LogP contribution in [0.5, 0.6) is 0 Å². The molecular weight excluding hydrogens is 213 g/mol. The summed E-state index contributed by atoms with van der Waals surface area (Å²) in [7, 11) is 1.61. The minimum absolute atomic E-state index is 0.00225. The van der Waals surface area contributed by atoms with Crippen LogP contribution in [0.3, 0.4) is 0 Å². The molecule has 0 aromatic heterocycles. The van der Waals surface area contributed by atoms with E-state index in [0.717, 1.165) is 32.1 Å². The summed E-state index contributed by atoms with van der Waals surface area (Å²) >= 11 is 0. The van der Waals surface area contributed by atoms with Gasteiger partial charge in [-0.1, -0.05) is 40.0 Å². The number of hydrogen-bond donors (Lipinski definition) is 0. The van der Waals surface area contributed by atoms with Gasteiger partial charge in [0.05, 0.1) is 5.92 Å². The zero-order valence-electron chi connectivity index (χ0n) is 11.6. The Morgan fingerprint density at radius 2 is 1.94 bits per heavy atom. The van der Waals surface area contributed by atoms with E-state index < -0.39 is 0 Å². The van der Waals surface area contributed by atoms with Gasteiger partial charge in [0, 0.05) is 6.42 Å². The number of carbonyl (C=O) groups excluding carboxylic acids is 2. The van der Waals surface area contributed by atoms with Crippen LogP contribution in [0.4, 0.5) is 0 Å². The van der Waals surface area contributed by atoms with Crippen molar-refractivity contribution < 1.29 is 9.59 Å². The fourth-order valence-electron chi connectivity index (χ4n) is 2.93. The third kappa shape index (κ3) is 2.91. The van der Waals surface area contributed by atoms with E-state index in [0.29, 0.717) is 6.42 Å². The van der Waals surface area contributed by atoms with Crippen molar-refractivity contribution in [2.24, 2.45) is 11.3 Å². The summed E-state index contributed by atoms with van der Waals surface area (Å²) in [6, 6.07) is 0. The van der Waals surface area contributed by atoms with E-state index in [1.54, 1.807) is 7.98 Å². The van der Waals surface area contributed by atoms with Crippen LogP contribution in [0.1, 0.15) is 59.3 Å². The van der Waals surface area contributed by atoms with Crippen LogP contribution in [0.25, 0.3) is 0 Å². The van der Waals surface area contributed by atoms with Crippen LogP contribution < -0.4 is 0 Å². The molecule has 0 saturated carbocycles. The lowest BCUT2D eigenvalue weighted by molar-refractivity contribution is -0.135. The van der Waals surface area contributed by atoms with Crippen molar-refractivity contribution in [2.75, 3.05) is 0 Å². The summed E-state index contributed by atoms with van der Waals surface area (Å²) in [5.41, 5.74) is 0.00225. The average Bonchev–Trinajstić information content (AvgIpc) is 2.55. The van der Waals surface area contributed by atoms with Gasteiger partial charge in [-0.15, -0.1) is 0 Å². The Kier molecular flexibility index (Phi) is 4.78. The molecule has 1 aliphatic heterocycles. The molecule has 2 amide bonds. The Hall–Kier alpha value is -0.795. The van der Waals surface area contributed by atoms with Crippen LogP contribution in [-0.4, -0.2) is 24.6 Å². The van der Waals surface area contributed by atoms with Gasteiger partial charge in [0.2, 0.25) is 19.8 Å². The molecule has 0 spiro atoms. The van der Waals surface area contributed by atoms with Crippen molar-refractivity contribution in [3.05, 3.63) is 0 Å². The van der Waals surface area contributed by atoms with E-state index in [2.05, 4.69) is 20.8 Å². The molecule has 1 rings (SSSR count). The first kappa shape index (κ1) is 14.3. The quantitative estimate of drug-likeness (QED) is 0.522. The molecule has 96 valence electrons. The Morgan fingerprint density at radius 3 is 2.35 bits per heavy atom. The smallest absolute Gasteiger partial charge is 0.231 e. The topological polar surface area (TPSA) is 37.4 Å². The maximum absolute atomic E-state index is 12.1. The van der Waals surface area contributed by atoms with E-state index in [1.807, 2.05) is 0 Å². The van der Waals surface area contributed by atoms with Crippen molar-refractivity contribution >= 4 is 19.8 Å². The first-order valence-electron chi connectivity index (χ1n) is 6.76. The molecular formula is C13H24BNO2. The maximum atomic E-state index is 12.1. The lowest BCUT2D eigenvalue weighted by Gasteiger charge is -2.34. The Balaban J connectivity index is 2.83. The Bertz CT molecular complexity index is 306. The molecule has 4 heteroatoms. The molecule has 1 saturated heterocycles. The highest BCUT2D eigenvalue weighted by Gasteiger charge is 2.45. The van der Waals surface area contributed by atoms with Gasteiger partial charge >= 0.3 is 0 Å². The number of amides is 2. The van der Waals surface area contributed by atoms with E-state index >= 15 is 0 Å². The molecule has 0 aliphatic carbocycles. The maximum Gasteiger partial charge on any atom is 0.231 e. The highest BCUT2D eigenvalue weighted by Crippen LogP contribution is 2.43. The summed E-state index contributed by atoms with van der Waals surface area (Å²) in [6.45, 7) is 6.50. The van der Waals surface area contributed by atoms with Gasteiger partial charge in [-0.2, -0.15) is 0 Å². The average molecular weight is 237 g/mol. The monoisotopic (exact) mass is 237 g/mol. The fourth-order valence-corrected chi connectivity index (χ4v) is 2.93. The van der Waals surface area contributed by atoms with Gasteiger partial charge in [-0.3, -0.25) is 9.59 Å². The fraction of sp³-hybridized carbons (Fsp3) is 0.846. The lowest BCUT2D eigenvalue weighted by Crippen LogP contribution is -2.35. The highest BCUT2D eigenvalue weighted by molar-refractivity contribution is 6.27. The Morgan fingerprint density at radius 1 is 1.29 bits per heavy atom. The number of nitrogens with zero attached hydrogens (tertiary/aromatic N) is 1.